The number of aryl methyl sites for hydroxylation is 1. The molecule has 0 spiro atoms. The largest absolute Gasteiger partial charge is 0.357 e. The van der Waals surface area contributed by atoms with E-state index in [1.54, 1.807) is 6.07 Å². The second-order valence-corrected chi connectivity index (χ2v) is 6.16. The lowest BCUT2D eigenvalue weighted by Gasteiger charge is -2.19. The van der Waals surface area contributed by atoms with Crippen LogP contribution in [0.1, 0.15) is 38.3 Å². The van der Waals surface area contributed by atoms with Gasteiger partial charge in [-0.1, -0.05) is 29.8 Å². The molecule has 1 atom stereocenters. The van der Waals surface area contributed by atoms with E-state index in [0.717, 1.165) is 11.1 Å². The molecular formula is C20H19N5O3. The lowest BCUT2D eigenvalue weighted by molar-refractivity contribution is 0.0900. The summed E-state index contributed by atoms with van der Waals surface area (Å²) in [6.07, 6.45) is 4.37. The van der Waals surface area contributed by atoms with Crippen molar-refractivity contribution in [2.24, 2.45) is 0 Å². The summed E-state index contributed by atoms with van der Waals surface area (Å²) < 4.78 is 0. The third-order valence-electron chi connectivity index (χ3n) is 4.04. The van der Waals surface area contributed by atoms with Gasteiger partial charge in [0.2, 0.25) is 5.82 Å². The molecule has 142 valence electrons. The molecule has 3 aromatic rings. The van der Waals surface area contributed by atoms with Crippen molar-refractivity contribution in [2.45, 2.75) is 13.0 Å². The summed E-state index contributed by atoms with van der Waals surface area (Å²) >= 11 is 0. The Kier molecular flexibility index (Phi) is 5.91. The number of benzene rings is 1. The molecule has 1 unspecified atom stereocenters. The summed E-state index contributed by atoms with van der Waals surface area (Å²) in [6, 6.07) is 11.3. The average Bonchev–Trinajstić information content (AvgIpc) is 2.72. The number of rotatable bonds is 6. The molecule has 2 aromatic heterocycles. The normalized spacial score (nSPS) is 11.5. The molecule has 3 N–H and O–H groups in total. The van der Waals surface area contributed by atoms with Crippen LogP contribution in [0.4, 0.5) is 0 Å². The molecule has 0 bridgehead atoms. The summed E-state index contributed by atoms with van der Waals surface area (Å²) in [5.41, 5.74) is 1.77. The fourth-order valence-corrected chi connectivity index (χ4v) is 2.56. The fraction of sp³-hybridized carbons (Fsp3) is 0.150. The zero-order valence-electron chi connectivity index (χ0n) is 15.2. The van der Waals surface area contributed by atoms with Crippen LogP contribution in [0.15, 0.2) is 65.8 Å². The Morgan fingerprint density at radius 3 is 2.46 bits per heavy atom. The van der Waals surface area contributed by atoms with E-state index in [2.05, 4.69) is 25.6 Å². The predicted molar refractivity (Wildman–Crippen MR) is 103 cm³/mol. The Bertz CT molecular complexity index is 1020. The molecule has 0 radical (unpaired) electrons. The third kappa shape index (κ3) is 4.88. The number of carbonyl (C=O) groups is 2. The monoisotopic (exact) mass is 377 g/mol. The molecule has 8 heteroatoms. The molecule has 0 aliphatic heterocycles. The second kappa shape index (κ2) is 8.72. The first-order valence-electron chi connectivity index (χ1n) is 8.64. The molecule has 0 saturated heterocycles. The highest BCUT2D eigenvalue weighted by molar-refractivity contribution is 5.92. The molecule has 2 amide bonds. The van der Waals surface area contributed by atoms with E-state index in [1.165, 1.54) is 30.7 Å². The lowest BCUT2D eigenvalue weighted by atomic mass is 10.0. The standard InChI is InChI=1S/C20H19N5O3/c1-13-3-5-14(6-4-13)17(25-20(28)18-22-8-2-9-23-18)12-24-19(27)16-11-15(26)7-10-21-16/h2-11,17H,12H2,1H3,(H,21,26)(H,24,27)(H,25,28). The zero-order valence-corrected chi connectivity index (χ0v) is 15.2. The molecule has 0 saturated carbocycles. The number of aromatic amines is 1. The number of hydrogen-bond donors (Lipinski definition) is 3. The van der Waals surface area contributed by atoms with Crippen molar-refractivity contribution < 1.29 is 9.59 Å². The van der Waals surface area contributed by atoms with Gasteiger partial charge in [-0.25, -0.2) is 9.97 Å². The summed E-state index contributed by atoms with van der Waals surface area (Å²) in [5, 5.41) is 5.57. The van der Waals surface area contributed by atoms with Gasteiger partial charge in [0.15, 0.2) is 5.43 Å². The second-order valence-electron chi connectivity index (χ2n) is 6.16. The van der Waals surface area contributed by atoms with Gasteiger partial charge in [0.25, 0.3) is 11.8 Å². The van der Waals surface area contributed by atoms with Crippen LogP contribution in [0.3, 0.4) is 0 Å². The Morgan fingerprint density at radius 2 is 1.79 bits per heavy atom. The number of nitrogens with zero attached hydrogens (tertiary/aromatic N) is 2. The number of carbonyl (C=O) groups excluding carboxylic acids is 2. The van der Waals surface area contributed by atoms with Crippen molar-refractivity contribution in [3.63, 3.8) is 0 Å². The van der Waals surface area contributed by atoms with Crippen LogP contribution < -0.4 is 16.1 Å². The molecule has 0 aliphatic carbocycles. The molecule has 28 heavy (non-hydrogen) atoms. The first-order chi connectivity index (χ1) is 13.5. The van der Waals surface area contributed by atoms with Crippen LogP contribution in [0.2, 0.25) is 0 Å². The summed E-state index contributed by atoms with van der Waals surface area (Å²) in [4.78, 5) is 46.8. The van der Waals surface area contributed by atoms with E-state index in [0.29, 0.717) is 0 Å². The third-order valence-corrected chi connectivity index (χ3v) is 4.04. The van der Waals surface area contributed by atoms with E-state index in [4.69, 9.17) is 0 Å². The van der Waals surface area contributed by atoms with Gasteiger partial charge in [0.1, 0.15) is 5.69 Å². The van der Waals surface area contributed by atoms with Gasteiger partial charge in [-0.05, 0) is 18.6 Å². The van der Waals surface area contributed by atoms with Crippen molar-refractivity contribution in [3.8, 4) is 0 Å². The van der Waals surface area contributed by atoms with E-state index >= 15 is 0 Å². The maximum absolute atomic E-state index is 12.5. The number of H-pyrrole nitrogens is 1. The molecule has 0 aliphatic rings. The van der Waals surface area contributed by atoms with E-state index < -0.39 is 17.9 Å². The number of amides is 2. The number of aromatic nitrogens is 3. The summed E-state index contributed by atoms with van der Waals surface area (Å²) in [5.74, 6) is -0.855. The Morgan fingerprint density at radius 1 is 1.07 bits per heavy atom. The predicted octanol–water partition coefficient (Wildman–Crippen LogP) is 1.37. The number of nitrogens with one attached hydrogen (secondary N) is 3. The quantitative estimate of drug-likeness (QED) is 0.600. The minimum absolute atomic E-state index is 0.0401. The Labute approximate surface area is 161 Å². The van der Waals surface area contributed by atoms with Gasteiger partial charge in [-0.2, -0.15) is 0 Å². The van der Waals surface area contributed by atoms with Gasteiger partial charge in [0.05, 0.1) is 6.04 Å². The first-order valence-corrected chi connectivity index (χ1v) is 8.64. The average molecular weight is 377 g/mol. The first kappa shape index (κ1) is 19.0. The Hall–Kier alpha value is -3.81. The van der Waals surface area contributed by atoms with Crippen LogP contribution in [0, 0.1) is 6.92 Å². The van der Waals surface area contributed by atoms with Crippen molar-refractivity contribution in [2.75, 3.05) is 6.54 Å². The maximum atomic E-state index is 12.5. The highest BCUT2D eigenvalue weighted by Gasteiger charge is 2.19. The molecule has 3 rings (SSSR count). The molecule has 8 nitrogen and oxygen atoms in total. The van der Waals surface area contributed by atoms with Crippen LogP contribution >= 0.6 is 0 Å². The van der Waals surface area contributed by atoms with Gasteiger partial charge < -0.3 is 15.6 Å². The van der Waals surface area contributed by atoms with Gasteiger partial charge >= 0.3 is 0 Å². The van der Waals surface area contributed by atoms with Crippen molar-refractivity contribution >= 4 is 11.8 Å². The van der Waals surface area contributed by atoms with Crippen molar-refractivity contribution in [1.29, 1.82) is 0 Å². The SMILES string of the molecule is Cc1ccc(C(CNC(=O)c2cc(=O)cc[nH]2)NC(=O)c2ncccn2)cc1. The van der Waals surface area contributed by atoms with Gasteiger partial charge in [-0.3, -0.25) is 14.4 Å². The molecule has 2 heterocycles. The van der Waals surface area contributed by atoms with Crippen LogP contribution in [-0.2, 0) is 0 Å². The minimum atomic E-state index is -0.503. The van der Waals surface area contributed by atoms with Crippen molar-refractivity contribution in [3.05, 3.63) is 93.9 Å². The lowest BCUT2D eigenvalue weighted by Crippen LogP contribution is -2.38. The summed E-state index contributed by atoms with van der Waals surface area (Å²) in [6.45, 7) is 2.08. The van der Waals surface area contributed by atoms with Crippen LogP contribution in [-0.4, -0.2) is 33.3 Å². The summed E-state index contributed by atoms with van der Waals surface area (Å²) in [7, 11) is 0. The van der Waals surface area contributed by atoms with Gasteiger partial charge in [-0.15, -0.1) is 0 Å². The molecular weight excluding hydrogens is 358 g/mol. The highest BCUT2D eigenvalue weighted by Crippen LogP contribution is 2.14. The van der Waals surface area contributed by atoms with Gasteiger partial charge in [0, 0.05) is 37.3 Å². The maximum Gasteiger partial charge on any atom is 0.289 e. The number of hydrogen-bond acceptors (Lipinski definition) is 5. The highest BCUT2D eigenvalue weighted by atomic mass is 16.2. The van der Waals surface area contributed by atoms with Crippen LogP contribution in [0.25, 0.3) is 0 Å². The molecule has 0 fully saturated rings. The van der Waals surface area contributed by atoms with E-state index in [-0.39, 0.29) is 23.5 Å². The molecule has 1 aromatic carbocycles. The van der Waals surface area contributed by atoms with E-state index in [9.17, 15) is 14.4 Å². The number of pyridine rings is 1. The minimum Gasteiger partial charge on any atom is -0.357 e. The smallest absolute Gasteiger partial charge is 0.289 e. The fourth-order valence-electron chi connectivity index (χ4n) is 2.56. The topological polar surface area (TPSA) is 117 Å². The van der Waals surface area contributed by atoms with E-state index in [1.807, 2.05) is 31.2 Å². The van der Waals surface area contributed by atoms with Crippen LogP contribution in [0.5, 0.6) is 0 Å². The Balaban J connectivity index is 1.76. The van der Waals surface area contributed by atoms with Crippen molar-refractivity contribution in [1.82, 2.24) is 25.6 Å². The zero-order chi connectivity index (χ0) is 19.9.